The summed E-state index contributed by atoms with van der Waals surface area (Å²) >= 11 is 0. The Kier molecular flexibility index (Phi) is 3.62. The van der Waals surface area contributed by atoms with Crippen LogP contribution in [0.3, 0.4) is 0 Å². The van der Waals surface area contributed by atoms with E-state index in [0.717, 1.165) is 42.5 Å². The number of H-pyrrole nitrogens is 1. The van der Waals surface area contributed by atoms with E-state index in [1.54, 1.807) is 0 Å². The van der Waals surface area contributed by atoms with Crippen LogP contribution in [0.4, 0.5) is 0 Å². The number of nitrogens with one attached hydrogen (secondary N) is 2. The maximum Gasteiger partial charge on any atom is 0.252 e. The summed E-state index contributed by atoms with van der Waals surface area (Å²) in [7, 11) is 0. The molecule has 1 aromatic carbocycles. The fourth-order valence-electron chi connectivity index (χ4n) is 2.50. The van der Waals surface area contributed by atoms with E-state index in [4.69, 9.17) is 4.74 Å². The standard InChI is InChI=1S/C15H18N2O2/c18-15-12(9-16-10-13-5-3-7-19-13)8-11-4-1-2-6-14(11)17-15/h1-2,4,6,8,13,16H,3,5,7,9-10H2,(H,17,18)/t13-/m0/s1. The van der Waals surface area contributed by atoms with Gasteiger partial charge in [0.25, 0.3) is 5.56 Å². The van der Waals surface area contributed by atoms with Gasteiger partial charge in [0.15, 0.2) is 0 Å². The number of hydrogen-bond donors (Lipinski definition) is 2. The third-order valence-electron chi connectivity index (χ3n) is 3.54. The van der Waals surface area contributed by atoms with Crippen molar-refractivity contribution >= 4 is 10.9 Å². The Morgan fingerprint density at radius 2 is 2.26 bits per heavy atom. The van der Waals surface area contributed by atoms with E-state index in [0.29, 0.717) is 12.6 Å². The van der Waals surface area contributed by atoms with Crippen LogP contribution in [-0.4, -0.2) is 24.2 Å². The lowest BCUT2D eigenvalue weighted by atomic mass is 10.1. The molecule has 4 heteroatoms. The Bertz CT molecular complexity index is 615. The second-order valence-corrected chi connectivity index (χ2v) is 4.98. The lowest BCUT2D eigenvalue weighted by Crippen LogP contribution is -2.28. The first-order valence-electron chi connectivity index (χ1n) is 6.76. The van der Waals surface area contributed by atoms with Crippen molar-refractivity contribution < 1.29 is 4.74 Å². The van der Waals surface area contributed by atoms with Crippen molar-refractivity contribution in [2.75, 3.05) is 13.2 Å². The fraction of sp³-hybridized carbons (Fsp3) is 0.400. The van der Waals surface area contributed by atoms with Gasteiger partial charge in [-0.3, -0.25) is 4.79 Å². The number of rotatable bonds is 4. The van der Waals surface area contributed by atoms with Crippen LogP contribution < -0.4 is 10.9 Å². The van der Waals surface area contributed by atoms with Crippen LogP contribution in [-0.2, 0) is 11.3 Å². The van der Waals surface area contributed by atoms with Crippen LogP contribution in [0.15, 0.2) is 35.1 Å². The zero-order valence-electron chi connectivity index (χ0n) is 10.8. The van der Waals surface area contributed by atoms with Gasteiger partial charge in [-0.25, -0.2) is 0 Å². The van der Waals surface area contributed by atoms with Crippen molar-refractivity contribution in [3.63, 3.8) is 0 Å². The smallest absolute Gasteiger partial charge is 0.252 e. The summed E-state index contributed by atoms with van der Waals surface area (Å²) in [6, 6.07) is 9.78. The third-order valence-corrected chi connectivity index (χ3v) is 3.54. The topological polar surface area (TPSA) is 54.1 Å². The normalized spacial score (nSPS) is 19.1. The molecule has 1 aromatic heterocycles. The number of aromatic nitrogens is 1. The van der Waals surface area contributed by atoms with Gasteiger partial charge in [-0.1, -0.05) is 18.2 Å². The molecule has 1 saturated heterocycles. The summed E-state index contributed by atoms with van der Waals surface area (Å²) in [5.41, 5.74) is 1.64. The van der Waals surface area contributed by atoms with E-state index < -0.39 is 0 Å². The van der Waals surface area contributed by atoms with Gasteiger partial charge in [-0.15, -0.1) is 0 Å². The molecular formula is C15H18N2O2. The molecule has 2 heterocycles. The number of pyridine rings is 1. The zero-order chi connectivity index (χ0) is 13.1. The van der Waals surface area contributed by atoms with Gasteiger partial charge < -0.3 is 15.0 Å². The first kappa shape index (κ1) is 12.4. The summed E-state index contributed by atoms with van der Waals surface area (Å²) in [5.74, 6) is 0. The lowest BCUT2D eigenvalue weighted by Gasteiger charge is -2.10. The summed E-state index contributed by atoms with van der Waals surface area (Å²) < 4.78 is 5.54. The molecule has 0 aliphatic carbocycles. The van der Waals surface area contributed by atoms with Gasteiger partial charge >= 0.3 is 0 Å². The predicted molar refractivity (Wildman–Crippen MR) is 75.2 cm³/mol. The van der Waals surface area contributed by atoms with Crippen molar-refractivity contribution in [2.24, 2.45) is 0 Å². The molecule has 2 aromatic rings. The van der Waals surface area contributed by atoms with Gasteiger partial charge in [0.05, 0.1) is 6.10 Å². The molecule has 4 nitrogen and oxygen atoms in total. The Hall–Kier alpha value is -1.65. The Labute approximate surface area is 111 Å². The molecule has 1 atom stereocenters. The minimum Gasteiger partial charge on any atom is -0.377 e. The molecule has 1 fully saturated rings. The Morgan fingerprint density at radius 1 is 1.37 bits per heavy atom. The number of para-hydroxylation sites is 1. The van der Waals surface area contributed by atoms with Crippen molar-refractivity contribution in [2.45, 2.75) is 25.5 Å². The maximum absolute atomic E-state index is 11.9. The van der Waals surface area contributed by atoms with Crippen LogP contribution in [0.5, 0.6) is 0 Å². The highest BCUT2D eigenvalue weighted by Crippen LogP contribution is 2.12. The molecule has 0 unspecified atom stereocenters. The molecule has 1 aliphatic heterocycles. The first-order valence-corrected chi connectivity index (χ1v) is 6.76. The molecule has 0 bridgehead atoms. The van der Waals surface area contributed by atoms with Gasteiger partial charge in [0.2, 0.25) is 0 Å². The SMILES string of the molecule is O=c1[nH]c2ccccc2cc1CNC[C@@H]1CCCO1. The highest BCUT2D eigenvalue weighted by Gasteiger charge is 2.14. The largest absolute Gasteiger partial charge is 0.377 e. The van der Waals surface area contributed by atoms with E-state index in [2.05, 4.69) is 10.3 Å². The zero-order valence-corrected chi connectivity index (χ0v) is 10.8. The quantitative estimate of drug-likeness (QED) is 0.879. The summed E-state index contributed by atoms with van der Waals surface area (Å²) in [5, 5.41) is 4.37. The molecule has 100 valence electrons. The van der Waals surface area contributed by atoms with E-state index in [9.17, 15) is 4.79 Å². The molecule has 3 rings (SSSR count). The second kappa shape index (κ2) is 5.55. The first-order chi connectivity index (χ1) is 9.33. The third kappa shape index (κ3) is 2.85. The lowest BCUT2D eigenvalue weighted by molar-refractivity contribution is 0.110. The molecule has 0 radical (unpaired) electrons. The number of aromatic amines is 1. The van der Waals surface area contributed by atoms with Crippen LogP contribution in [0.1, 0.15) is 18.4 Å². The fourth-order valence-corrected chi connectivity index (χ4v) is 2.50. The highest BCUT2D eigenvalue weighted by atomic mass is 16.5. The van der Waals surface area contributed by atoms with Crippen LogP contribution in [0.2, 0.25) is 0 Å². The Balaban J connectivity index is 1.69. The second-order valence-electron chi connectivity index (χ2n) is 4.98. The summed E-state index contributed by atoms with van der Waals surface area (Å²) in [6.07, 6.45) is 2.56. The van der Waals surface area contributed by atoms with Crippen molar-refractivity contribution in [1.29, 1.82) is 0 Å². The molecular weight excluding hydrogens is 240 g/mol. The minimum absolute atomic E-state index is 0.0152. The molecule has 0 amide bonds. The average Bonchev–Trinajstić information content (AvgIpc) is 2.92. The van der Waals surface area contributed by atoms with Crippen LogP contribution >= 0.6 is 0 Å². The Morgan fingerprint density at radius 3 is 3.11 bits per heavy atom. The van der Waals surface area contributed by atoms with Crippen LogP contribution in [0, 0.1) is 0 Å². The van der Waals surface area contributed by atoms with Crippen molar-refractivity contribution in [1.82, 2.24) is 10.3 Å². The highest BCUT2D eigenvalue weighted by molar-refractivity contribution is 5.78. The maximum atomic E-state index is 11.9. The minimum atomic E-state index is -0.0152. The molecule has 0 saturated carbocycles. The van der Waals surface area contributed by atoms with Gasteiger partial charge in [-0.2, -0.15) is 0 Å². The van der Waals surface area contributed by atoms with Gasteiger partial charge in [0.1, 0.15) is 0 Å². The molecule has 1 aliphatic rings. The molecule has 2 N–H and O–H groups in total. The average molecular weight is 258 g/mol. The van der Waals surface area contributed by atoms with E-state index in [1.807, 2.05) is 30.3 Å². The summed E-state index contributed by atoms with van der Waals surface area (Å²) in [4.78, 5) is 14.8. The monoisotopic (exact) mass is 258 g/mol. The van der Waals surface area contributed by atoms with E-state index in [1.165, 1.54) is 0 Å². The van der Waals surface area contributed by atoms with Gasteiger partial charge in [-0.05, 0) is 30.4 Å². The number of ether oxygens (including phenoxy) is 1. The molecule has 19 heavy (non-hydrogen) atoms. The summed E-state index contributed by atoms with van der Waals surface area (Å²) in [6.45, 7) is 2.26. The van der Waals surface area contributed by atoms with Crippen molar-refractivity contribution in [3.8, 4) is 0 Å². The van der Waals surface area contributed by atoms with Crippen LogP contribution in [0.25, 0.3) is 10.9 Å². The number of hydrogen-bond acceptors (Lipinski definition) is 3. The number of benzene rings is 1. The van der Waals surface area contributed by atoms with Crippen molar-refractivity contribution in [3.05, 3.63) is 46.2 Å². The predicted octanol–water partition coefficient (Wildman–Crippen LogP) is 1.80. The van der Waals surface area contributed by atoms with Gasteiger partial charge in [0, 0.05) is 30.8 Å². The van der Waals surface area contributed by atoms with E-state index in [-0.39, 0.29) is 5.56 Å². The molecule has 0 spiro atoms. The van der Waals surface area contributed by atoms with E-state index >= 15 is 0 Å². The number of fused-ring (bicyclic) bond motifs is 1.